The average molecular weight is 282 g/mol. The van der Waals surface area contributed by atoms with Gasteiger partial charge in [0.15, 0.2) is 0 Å². The zero-order valence-electron chi connectivity index (χ0n) is 11.6. The number of fused-ring (bicyclic) bond motifs is 3. The highest BCUT2D eigenvalue weighted by Gasteiger charge is 2.39. The maximum absolute atomic E-state index is 14.3. The lowest BCUT2D eigenvalue weighted by Gasteiger charge is -2.50. The highest BCUT2D eigenvalue weighted by atomic mass is 19.1. The van der Waals surface area contributed by atoms with E-state index in [1.54, 1.807) is 6.92 Å². The van der Waals surface area contributed by atoms with Gasteiger partial charge in [0.05, 0.1) is 6.04 Å². The third-order valence-corrected chi connectivity index (χ3v) is 4.52. The summed E-state index contributed by atoms with van der Waals surface area (Å²) in [5.41, 5.74) is 3.14. The van der Waals surface area contributed by atoms with Crippen LogP contribution in [0.1, 0.15) is 17.2 Å². The van der Waals surface area contributed by atoms with Crippen molar-refractivity contribution < 1.29 is 8.78 Å². The number of hydrogen-bond donors (Lipinski definition) is 2. The fraction of sp³-hybridized carbons (Fsp3) is 0.571. The molecule has 2 atom stereocenters. The Morgan fingerprint density at radius 1 is 1.25 bits per heavy atom. The van der Waals surface area contributed by atoms with Gasteiger partial charge >= 0.3 is 0 Å². The van der Waals surface area contributed by atoms with E-state index < -0.39 is 17.7 Å². The standard InChI is InChI=1S/C14H20F2N4/c1-9-2-3-10(15)12(13(9)16)14(18-17)11-8-19-4-6-20(11)7-5-19/h2-3,11,14,18H,4-8,17H2,1H3. The summed E-state index contributed by atoms with van der Waals surface area (Å²) in [5, 5.41) is 0. The lowest BCUT2D eigenvalue weighted by molar-refractivity contribution is -0.00476. The minimum atomic E-state index is -0.534. The molecular formula is C14H20F2N4. The molecule has 0 spiro atoms. The van der Waals surface area contributed by atoms with Crippen LogP contribution in [0.3, 0.4) is 0 Å². The molecule has 3 N–H and O–H groups in total. The number of benzene rings is 1. The predicted octanol–water partition coefficient (Wildman–Crippen LogP) is 0.777. The minimum absolute atomic E-state index is 0.00769. The summed E-state index contributed by atoms with van der Waals surface area (Å²) >= 11 is 0. The van der Waals surface area contributed by atoms with Crippen molar-refractivity contribution in [3.8, 4) is 0 Å². The van der Waals surface area contributed by atoms with Gasteiger partial charge in [-0.15, -0.1) is 0 Å². The molecule has 1 aromatic rings. The molecule has 0 saturated carbocycles. The third kappa shape index (κ3) is 2.22. The number of halogens is 2. The molecular weight excluding hydrogens is 262 g/mol. The average Bonchev–Trinajstić information content (AvgIpc) is 2.49. The van der Waals surface area contributed by atoms with Crippen molar-refractivity contribution in [2.75, 3.05) is 32.7 Å². The molecule has 2 unspecified atom stereocenters. The Hall–Kier alpha value is -1.08. The van der Waals surface area contributed by atoms with Crippen molar-refractivity contribution in [1.82, 2.24) is 15.2 Å². The highest BCUT2D eigenvalue weighted by Crippen LogP contribution is 2.30. The van der Waals surface area contributed by atoms with Gasteiger partial charge in [0.2, 0.25) is 0 Å². The number of nitrogens with one attached hydrogen (secondary N) is 1. The van der Waals surface area contributed by atoms with E-state index >= 15 is 0 Å². The van der Waals surface area contributed by atoms with Gasteiger partial charge in [-0.1, -0.05) is 6.07 Å². The van der Waals surface area contributed by atoms with E-state index in [0.717, 1.165) is 32.7 Å². The Labute approximate surface area is 117 Å². The van der Waals surface area contributed by atoms with Gasteiger partial charge in [-0.25, -0.2) is 8.78 Å². The van der Waals surface area contributed by atoms with Crippen molar-refractivity contribution in [3.05, 3.63) is 34.9 Å². The van der Waals surface area contributed by atoms with Gasteiger partial charge in [-0.2, -0.15) is 0 Å². The summed E-state index contributed by atoms with van der Waals surface area (Å²) in [5.74, 6) is 4.60. The van der Waals surface area contributed by atoms with Crippen LogP contribution in [0.25, 0.3) is 0 Å². The second kappa shape index (κ2) is 5.37. The van der Waals surface area contributed by atoms with Crippen LogP contribution in [-0.4, -0.2) is 48.6 Å². The number of piperazine rings is 3. The monoisotopic (exact) mass is 282 g/mol. The molecule has 0 amide bonds. The predicted molar refractivity (Wildman–Crippen MR) is 73.0 cm³/mol. The molecule has 4 rings (SSSR count). The number of nitrogens with two attached hydrogens (primary N) is 1. The number of aryl methyl sites for hydroxylation is 1. The molecule has 0 aliphatic carbocycles. The molecule has 2 bridgehead atoms. The third-order valence-electron chi connectivity index (χ3n) is 4.52. The topological polar surface area (TPSA) is 44.5 Å². The molecule has 20 heavy (non-hydrogen) atoms. The second-order valence-corrected chi connectivity index (χ2v) is 5.64. The quantitative estimate of drug-likeness (QED) is 0.635. The van der Waals surface area contributed by atoms with Crippen LogP contribution in [0.15, 0.2) is 12.1 Å². The van der Waals surface area contributed by atoms with Gasteiger partial charge in [0.1, 0.15) is 11.6 Å². The van der Waals surface area contributed by atoms with E-state index in [9.17, 15) is 8.78 Å². The maximum Gasteiger partial charge on any atom is 0.133 e. The highest BCUT2D eigenvalue weighted by molar-refractivity contribution is 5.30. The van der Waals surface area contributed by atoms with Crippen LogP contribution in [0.2, 0.25) is 0 Å². The summed E-state index contributed by atoms with van der Waals surface area (Å²) < 4.78 is 28.4. The zero-order chi connectivity index (χ0) is 14.3. The largest absolute Gasteiger partial charge is 0.299 e. The maximum atomic E-state index is 14.3. The minimum Gasteiger partial charge on any atom is -0.299 e. The Bertz CT molecular complexity index is 500. The van der Waals surface area contributed by atoms with Crippen molar-refractivity contribution in [2.45, 2.75) is 19.0 Å². The van der Waals surface area contributed by atoms with E-state index in [-0.39, 0.29) is 11.6 Å². The normalized spacial score (nSPS) is 30.5. The lowest BCUT2D eigenvalue weighted by atomic mass is 9.92. The van der Waals surface area contributed by atoms with E-state index in [1.807, 2.05) is 0 Å². The molecule has 110 valence electrons. The summed E-state index contributed by atoms with van der Waals surface area (Å²) in [7, 11) is 0. The van der Waals surface area contributed by atoms with E-state index in [2.05, 4.69) is 15.2 Å². The first-order valence-corrected chi connectivity index (χ1v) is 6.99. The van der Waals surface area contributed by atoms with Crippen LogP contribution in [0.4, 0.5) is 8.78 Å². The second-order valence-electron chi connectivity index (χ2n) is 5.64. The number of rotatable bonds is 3. The van der Waals surface area contributed by atoms with Gasteiger partial charge in [-0.05, 0) is 18.6 Å². The number of hydrogen-bond acceptors (Lipinski definition) is 4. The first kappa shape index (κ1) is 13.9. The number of nitrogens with zero attached hydrogens (tertiary/aromatic N) is 2. The molecule has 3 heterocycles. The smallest absolute Gasteiger partial charge is 0.133 e. The lowest BCUT2D eigenvalue weighted by Crippen LogP contribution is -2.64. The molecule has 3 aliphatic rings. The Balaban J connectivity index is 1.96. The summed E-state index contributed by atoms with van der Waals surface area (Å²) in [6.45, 7) is 6.33. The molecule has 0 aromatic heterocycles. The van der Waals surface area contributed by atoms with Crippen molar-refractivity contribution in [2.24, 2.45) is 5.84 Å². The van der Waals surface area contributed by atoms with Crippen LogP contribution in [0.5, 0.6) is 0 Å². The molecule has 6 heteroatoms. The molecule has 0 radical (unpaired) electrons. The first-order valence-electron chi connectivity index (χ1n) is 6.99. The Morgan fingerprint density at radius 3 is 2.50 bits per heavy atom. The SMILES string of the molecule is Cc1ccc(F)c(C(NN)C2CN3CCN2CC3)c1F. The number of hydrazine groups is 1. The summed E-state index contributed by atoms with van der Waals surface area (Å²) in [6.07, 6.45) is 0. The Morgan fingerprint density at radius 2 is 1.95 bits per heavy atom. The molecule has 4 nitrogen and oxygen atoms in total. The zero-order valence-corrected chi connectivity index (χ0v) is 11.6. The summed E-state index contributed by atoms with van der Waals surface area (Å²) in [4.78, 5) is 4.59. The fourth-order valence-electron chi connectivity index (χ4n) is 3.32. The van der Waals surface area contributed by atoms with Crippen LogP contribution in [-0.2, 0) is 0 Å². The van der Waals surface area contributed by atoms with Gasteiger partial charge in [0, 0.05) is 44.3 Å². The van der Waals surface area contributed by atoms with Crippen LogP contribution < -0.4 is 11.3 Å². The van der Waals surface area contributed by atoms with E-state index in [1.165, 1.54) is 12.1 Å². The van der Waals surface area contributed by atoms with Gasteiger partial charge < -0.3 is 0 Å². The molecule has 3 fully saturated rings. The molecule has 1 aromatic carbocycles. The van der Waals surface area contributed by atoms with Gasteiger partial charge in [-0.3, -0.25) is 21.1 Å². The molecule has 3 aliphatic heterocycles. The molecule has 3 saturated heterocycles. The van der Waals surface area contributed by atoms with Crippen molar-refractivity contribution >= 4 is 0 Å². The van der Waals surface area contributed by atoms with Crippen molar-refractivity contribution in [1.29, 1.82) is 0 Å². The summed E-state index contributed by atoms with van der Waals surface area (Å²) in [6, 6.07) is 2.25. The fourth-order valence-corrected chi connectivity index (χ4v) is 3.32. The van der Waals surface area contributed by atoms with Crippen LogP contribution in [0, 0.1) is 18.6 Å². The van der Waals surface area contributed by atoms with Crippen molar-refractivity contribution in [3.63, 3.8) is 0 Å². The van der Waals surface area contributed by atoms with Gasteiger partial charge in [0.25, 0.3) is 0 Å². The van der Waals surface area contributed by atoms with E-state index in [4.69, 9.17) is 5.84 Å². The first-order chi connectivity index (χ1) is 9.61. The van der Waals surface area contributed by atoms with E-state index in [0.29, 0.717) is 5.56 Å². The Kier molecular flexibility index (Phi) is 3.72. The van der Waals surface area contributed by atoms with Crippen LogP contribution >= 0.6 is 0 Å².